The van der Waals surface area contributed by atoms with Gasteiger partial charge >= 0.3 is 0 Å². The van der Waals surface area contributed by atoms with Gasteiger partial charge in [0.25, 0.3) is 0 Å². The number of benzene rings is 2. The van der Waals surface area contributed by atoms with E-state index in [0.717, 1.165) is 12.1 Å². The van der Waals surface area contributed by atoms with Crippen molar-refractivity contribution < 1.29 is 14.4 Å². The number of nitrogens with zero attached hydrogens (tertiary/aromatic N) is 1. The lowest BCUT2D eigenvalue weighted by molar-refractivity contribution is -0.117. The van der Waals surface area contributed by atoms with E-state index in [1.165, 1.54) is 0 Å². The number of anilines is 2. The van der Waals surface area contributed by atoms with Gasteiger partial charge in [-0.15, -0.1) is 0 Å². The normalized spacial score (nSPS) is 13.8. The molecule has 5 nitrogen and oxygen atoms in total. The molecular formula is C20H20N2O3. The van der Waals surface area contributed by atoms with Crippen LogP contribution in [0, 0.1) is 0 Å². The number of amides is 2. The van der Waals surface area contributed by atoms with Crippen molar-refractivity contribution in [1.82, 2.24) is 0 Å². The first kappa shape index (κ1) is 16.9. The Kier molecular flexibility index (Phi) is 5.23. The number of ketones is 1. The molecule has 1 aliphatic rings. The summed E-state index contributed by atoms with van der Waals surface area (Å²) in [6, 6.07) is 16.2. The molecule has 0 aromatic heterocycles. The highest BCUT2D eigenvalue weighted by Gasteiger charge is 2.21. The first-order valence-corrected chi connectivity index (χ1v) is 8.42. The minimum Gasteiger partial charge on any atom is -0.326 e. The van der Waals surface area contributed by atoms with Gasteiger partial charge in [-0.05, 0) is 24.6 Å². The minimum absolute atomic E-state index is 0.0489. The molecule has 128 valence electrons. The van der Waals surface area contributed by atoms with E-state index in [1.807, 2.05) is 18.2 Å². The van der Waals surface area contributed by atoms with Crippen LogP contribution in [0.3, 0.4) is 0 Å². The first-order valence-electron chi connectivity index (χ1n) is 8.42. The fourth-order valence-electron chi connectivity index (χ4n) is 2.89. The fraction of sp³-hybridized carbons (Fsp3) is 0.250. The Balaban J connectivity index is 1.56. The summed E-state index contributed by atoms with van der Waals surface area (Å²) >= 11 is 0. The third-order valence-corrected chi connectivity index (χ3v) is 4.19. The van der Waals surface area contributed by atoms with E-state index in [-0.39, 0.29) is 30.4 Å². The van der Waals surface area contributed by atoms with Crippen LogP contribution in [0.4, 0.5) is 11.4 Å². The number of rotatable bonds is 6. The number of carbonyl (C=O) groups is 3. The zero-order valence-corrected chi connectivity index (χ0v) is 13.9. The monoisotopic (exact) mass is 336 g/mol. The zero-order valence-electron chi connectivity index (χ0n) is 13.9. The van der Waals surface area contributed by atoms with Gasteiger partial charge in [0.2, 0.25) is 11.8 Å². The number of hydrogen-bond donors (Lipinski definition) is 1. The smallest absolute Gasteiger partial charge is 0.227 e. The van der Waals surface area contributed by atoms with Crippen LogP contribution in [-0.2, 0) is 9.59 Å². The first-order chi connectivity index (χ1) is 12.1. The van der Waals surface area contributed by atoms with Gasteiger partial charge in [-0.3, -0.25) is 14.4 Å². The van der Waals surface area contributed by atoms with Gasteiger partial charge in [0.1, 0.15) is 0 Å². The largest absolute Gasteiger partial charge is 0.326 e. The average Bonchev–Trinajstić information content (AvgIpc) is 3.06. The molecule has 1 aliphatic heterocycles. The minimum atomic E-state index is -0.214. The summed E-state index contributed by atoms with van der Waals surface area (Å²) in [5.74, 6) is -0.154. The number of Topliss-reactive ketones (excluding diaryl/α,β-unsaturated/α-hetero) is 1. The second-order valence-electron chi connectivity index (χ2n) is 6.04. The lowest BCUT2D eigenvalue weighted by Crippen LogP contribution is -2.23. The summed E-state index contributed by atoms with van der Waals surface area (Å²) in [6.07, 6.45) is 1.72. The SMILES string of the molecule is O=C(CCC(=O)c1ccccc1)Nc1cccc(N2CCCC2=O)c1. The Morgan fingerprint density at radius 2 is 1.80 bits per heavy atom. The Morgan fingerprint density at radius 3 is 2.52 bits per heavy atom. The van der Waals surface area contributed by atoms with Crippen molar-refractivity contribution in [2.24, 2.45) is 0 Å². The van der Waals surface area contributed by atoms with Gasteiger partial charge in [0.15, 0.2) is 5.78 Å². The Hall–Kier alpha value is -2.95. The van der Waals surface area contributed by atoms with Crippen molar-refractivity contribution in [2.45, 2.75) is 25.7 Å². The van der Waals surface area contributed by atoms with E-state index in [2.05, 4.69) is 5.32 Å². The third-order valence-electron chi connectivity index (χ3n) is 4.19. The van der Waals surface area contributed by atoms with Crippen LogP contribution < -0.4 is 10.2 Å². The van der Waals surface area contributed by atoms with Gasteiger partial charge in [0.05, 0.1) is 0 Å². The molecule has 0 radical (unpaired) electrons. The molecule has 1 N–H and O–H groups in total. The Bertz CT molecular complexity index is 787. The predicted molar refractivity (Wildman–Crippen MR) is 96.7 cm³/mol. The van der Waals surface area contributed by atoms with Gasteiger partial charge < -0.3 is 10.2 Å². The van der Waals surface area contributed by atoms with Crippen LogP contribution in [0.15, 0.2) is 54.6 Å². The highest BCUT2D eigenvalue weighted by atomic mass is 16.2. The highest BCUT2D eigenvalue weighted by molar-refractivity contribution is 6.00. The summed E-state index contributed by atoms with van der Waals surface area (Å²) in [7, 11) is 0. The van der Waals surface area contributed by atoms with Gasteiger partial charge in [0, 0.05) is 42.7 Å². The van der Waals surface area contributed by atoms with Crippen molar-refractivity contribution >= 4 is 29.0 Å². The Labute approximate surface area is 146 Å². The predicted octanol–water partition coefficient (Wildman–Crippen LogP) is 3.42. The van der Waals surface area contributed by atoms with Crippen LogP contribution in [0.5, 0.6) is 0 Å². The summed E-state index contributed by atoms with van der Waals surface area (Å²) in [5, 5.41) is 2.80. The maximum absolute atomic E-state index is 12.1. The molecule has 1 heterocycles. The van der Waals surface area contributed by atoms with E-state index in [0.29, 0.717) is 24.2 Å². The van der Waals surface area contributed by atoms with Crippen molar-refractivity contribution in [3.05, 3.63) is 60.2 Å². The van der Waals surface area contributed by atoms with E-state index in [1.54, 1.807) is 41.3 Å². The van der Waals surface area contributed by atoms with E-state index < -0.39 is 0 Å². The molecule has 0 bridgehead atoms. The molecule has 1 fully saturated rings. The van der Waals surface area contributed by atoms with Crippen molar-refractivity contribution in [3.8, 4) is 0 Å². The fourth-order valence-corrected chi connectivity index (χ4v) is 2.89. The second kappa shape index (κ2) is 7.75. The van der Waals surface area contributed by atoms with Crippen molar-refractivity contribution in [1.29, 1.82) is 0 Å². The number of hydrogen-bond acceptors (Lipinski definition) is 3. The number of carbonyl (C=O) groups excluding carboxylic acids is 3. The van der Waals surface area contributed by atoms with Crippen LogP contribution in [-0.4, -0.2) is 24.1 Å². The lowest BCUT2D eigenvalue weighted by Gasteiger charge is -2.16. The number of nitrogens with one attached hydrogen (secondary N) is 1. The molecule has 3 rings (SSSR count). The summed E-state index contributed by atoms with van der Waals surface area (Å²) < 4.78 is 0. The van der Waals surface area contributed by atoms with Crippen molar-refractivity contribution in [2.75, 3.05) is 16.8 Å². The van der Waals surface area contributed by atoms with Crippen molar-refractivity contribution in [3.63, 3.8) is 0 Å². The van der Waals surface area contributed by atoms with Crippen LogP contribution in [0.25, 0.3) is 0 Å². The second-order valence-corrected chi connectivity index (χ2v) is 6.04. The van der Waals surface area contributed by atoms with E-state index in [4.69, 9.17) is 0 Å². The van der Waals surface area contributed by atoms with Gasteiger partial charge in [-0.2, -0.15) is 0 Å². The molecule has 2 aromatic carbocycles. The zero-order chi connectivity index (χ0) is 17.6. The maximum atomic E-state index is 12.1. The molecule has 0 atom stereocenters. The average molecular weight is 336 g/mol. The molecule has 0 saturated carbocycles. The lowest BCUT2D eigenvalue weighted by atomic mass is 10.1. The van der Waals surface area contributed by atoms with Crippen LogP contribution >= 0.6 is 0 Å². The molecule has 5 heteroatoms. The molecule has 0 unspecified atom stereocenters. The molecule has 25 heavy (non-hydrogen) atoms. The van der Waals surface area contributed by atoms with Gasteiger partial charge in [-0.1, -0.05) is 36.4 Å². The highest BCUT2D eigenvalue weighted by Crippen LogP contribution is 2.24. The molecule has 0 aliphatic carbocycles. The van der Waals surface area contributed by atoms with Crippen LogP contribution in [0.2, 0.25) is 0 Å². The topological polar surface area (TPSA) is 66.5 Å². The van der Waals surface area contributed by atoms with E-state index in [9.17, 15) is 14.4 Å². The Morgan fingerprint density at radius 1 is 1.00 bits per heavy atom. The maximum Gasteiger partial charge on any atom is 0.227 e. The standard InChI is InChI=1S/C20H20N2O3/c23-18(15-6-2-1-3-7-15)11-12-19(24)21-16-8-4-9-17(14-16)22-13-5-10-20(22)25/h1-4,6-9,14H,5,10-13H2,(H,21,24). The van der Waals surface area contributed by atoms with Crippen LogP contribution in [0.1, 0.15) is 36.0 Å². The molecule has 0 spiro atoms. The summed E-state index contributed by atoms with van der Waals surface area (Å²) in [6.45, 7) is 0.710. The van der Waals surface area contributed by atoms with E-state index >= 15 is 0 Å². The quantitative estimate of drug-likeness (QED) is 0.822. The molecule has 1 saturated heterocycles. The molecular weight excluding hydrogens is 316 g/mol. The summed E-state index contributed by atoms with van der Waals surface area (Å²) in [4.78, 5) is 37.7. The molecule has 2 amide bonds. The third kappa shape index (κ3) is 4.32. The summed E-state index contributed by atoms with van der Waals surface area (Å²) in [5.41, 5.74) is 2.04. The van der Waals surface area contributed by atoms with Gasteiger partial charge in [-0.25, -0.2) is 0 Å². The molecule has 2 aromatic rings.